The first-order valence-electron chi connectivity index (χ1n) is 5.28. The first kappa shape index (κ1) is 11.5. The van der Waals surface area contributed by atoms with Gasteiger partial charge in [0.25, 0.3) is 0 Å². The molecule has 1 atom stereocenters. The fourth-order valence-corrected chi connectivity index (χ4v) is 2.15. The molecule has 0 bridgehead atoms. The second kappa shape index (κ2) is 3.80. The van der Waals surface area contributed by atoms with Crippen LogP contribution in [0, 0.1) is 6.92 Å². The highest BCUT2D eigenvalue weighted by Crippen LogP contribution is 2.42. The predicted molar refractivity (Wildman–Crippen MR) is 62.4 cm³/mol. The van der Waals surface area contributed by atoms with Crippen LogP contribution in [0.3, 0.4) is 0 Å². The molecule has 4 nitrogen and oxygen atoms in total. The van der Waals surface area contributed by atoms with Gasteiger partial charge in [-0.05, 0) is 18.1 Å². The summed E-state index contributed by atoms with van der Waals surface area (Å²) < 4.78 is 10.2. The van der Waals surface area contributed by atoms with Crippen LogP contribution in [0.25, 0.3) is 0 Å². The molecule has 0 spiro atoms. The molecule has 0 saturated carbocycles. The number of allylic oxidation sites excluding steroid dienone is 1. The van der Waals surface area contributed by atoms with Crippen LogP contribution in [0.5, 0.6) is 11.5 Å². The Bertz CT molecular complexity index is 517. The Hall–Kier alpha value is -1.97. The van der Waals surface area contributed by atoms with Gasteiger partial charge in [-0.1, -0.05) is 13.5 Å². The van der Waals surface area contributed by atoms with Crippen molar-refractivity contribution in [2.45, 2.75) is 19.8 Å². The Morgan fingerprint density at radius 1 is 1.53 bits per heavy atom. The van der Waals surface area contributed by atoms with Crippen molar-refractivity contribution in [3.05, 3.63) is 35.1 Å². The Morgan fingerprint density at radius 3 is 2.76 bits per heavy atom. The van der Waals surface area contributed by atoms with Crippen molar-refractivity contribution in [2.24, 2.45) is 0 Å². The van der Waals surface area contributed by atoms with E-state index >= 15 is 0 Å². The van der Waals surface area contributed by atoms with E-state index in [4.69, 9.17) is 9.47 Å². The van der Waals surface area contributed by atoms with Crippen molar-refractivity contribution >= 4 is 5.97 Å². The molecule has 1 aromatic rings. The molecule has 1 N–H and O–H groups in total. The van der Waals surface area contributed by atoms with Crippen molar-refractivity contribution in [2.75, 3.05) is 7.11 Å². The summed E-state index contributed by atoms with van der Waals surface area (Å²) in [4.78, 5) is 11.7. The van der Waals surface area contributed by atoms with E-state index in [1.807, 2.05) is 13.8 Å². The van der Waals surface area contributed by atoms with Crippen LogP contribution in [-0.4, -0.2) is 18.2 Å². The Morgan fingerprint density at radius 2 is 2.18 bits per heavy atom. The number of phenols is 1. The maximum absolute atomic E-state index is 11.7. The van der Waals surface area contributed by atoms with E-state index in [0.29, 0.717) is 11.5 Å². The molecule has 17 heavy (non-hydrogen) atoms. The average Bonchev–Trinajstić information content (AvgIpc) is 2.28. The summed E-state index contributed by atoms with van der Waals surface area (Å²) in [6.07, 6.45) is 0. The Labute approximate surface area is 99.5 Å². The first-order valence-corrected chi connectivity index (χ1v) is 5.28. The summed E-state index contributed by atoms with van der Waals surface area (Å²) in [6.45, 7) is 7.43. The number of fused-ring (bicyclic) bond motifs is 1. The highest BCUT2D eigenvalue weighted by atomic mass is 16.5. The van der Waals surface area contributed by atoms with Crippen LogP contribution in [0.2, 0.25) is 0 Å². The summed E-state index contributed by atoms with van der Waals surface area (Å²) in [7, 11) is 1.52. The van der Waals surface area contributed by atoms with Crippen molar-refractivity contribution in [3.63, 3.8) is 0 Å². The number of carbonyl (C=O) groups excluding carboxylic acids is 1. The van der Waals surface area contributed by atoms with Crippen LogP contribution >= 0.6 is 0 Å². The molecule has 0 saturated heterocycles. The second-order valence-electron chi connectivity index (χ2n) is 4.09. The van der Waals surface area contributed by atoms with E-state index in [1.165, 1.54) is 13.2 Å². The van der Waals surface area contributed by atoms with E-state index in [0.717, 1.165) is 11.1 Å². The molecule has 1 aromatic carbocycles. The molecule has 4 heteroatoms. The number of esters is 1. The highest BCUT2D eigenvalue weighted by Gasteiger charge is 2.33. The van der Waals surface area contributed by atoms with Gasteiger partial charge in [-0.25, -0.2) is 4.79 Å². The number of cyclic esters (lactones) is 1. The van der Waals surface area contributed by atoms with E-state index < -0.39 is 5.97 Å². The van der Waals surface area contributed by atoms with E-state index in [2.05, 4.69) is 6.58 Å². The van der Waals surface area contributed by atoms with Gasteiger partial charge < -0.3 is 14.6 Å². The molecule has 0 aromatic heterocycles. The molecule has 0 unspecified atom stereocenters. The minimum Gasteiger partial charge on any atom is -0.507 e. The summed E-state index contributed by atoms with van der Waals surface area (Å²) in [5, 5.41) is 9.86. The number of hydrogen-bond acceptors (Lipinski definition) is 4. The number of carbonyl (C=O) groups is 1. The van der Waals surface area contributed by atoms with Gasteiger partial charge in [-0.15, -0.1) is 0 Å². The zero-order chi connectivity index (χ0) is 12.7. The van der Waals surface area contributed by atoms with Gasteiger partial charge in [0, 0.05) is 12.0 Å². The third-order valence-electron chi connectivity index (χ3n) is 3.13. The van der Waals surface area contributed by atoms with Crippen LogP contribution in [0.4, 0.5) is 0 Å². The molecule has 0 amide bonds. The molecule has 2 rings (SSSR count). The van der Waals surface area contributed by atoms with Gasteiger partial charge in [0.1, 0.15) is 22.8 Å². The van der Waals surface area contributed by atoms with Crippen molar-refractivity contribution < 1.29 is 19.4 Å². The van der Waals surface area contributed by atoms with E-state index in [-0.39, 0.29) is 17.2 Å². The largest absolute Gasteiger partial charge is 0.507 e. The molecule has 90 valence electrons. The lowest BCUT2D eigenvalue weighted by Crippen LogP contribution is -2.20. The fourth-order valence-electron chi connectivity index (χ4n) is 2.15. The molecular weight excluding hydrogens is 220 g/mol. The summed E-state index contributed by atoms with van der Waals surface area (Å²) in [5.74, 6) is 0.107. The number of phenolic OH excluding ortho intramolecular Hbond substituents is 1. The summed E-state index contributed by atoms with van der Waals surface area (Å²) in [5.41, 5.74) is 1.76. The lowest BCUT2D eigenvalue weighted by atomic mass is 9.87. The third-order valence-corrected chi connectivity index (χ3v) is 3.13. The van der Waals surface area contributed by atoms with Crippen molar-refractivity contribution in [3.8, 4) is 11.5 Å². The van der Waals surface area contributed by atoms with Gasteiger partial charge in [-0.3, -0.25) is 0 Å². The number of benzene rings is 1. The van der Waals surface area contributed by atoms with Gasteiger partial charge >= 0.3 is 5.97 Å². The molecular formula is C13H14O4. The Balaban J connectivity index is 2.78. The molecule has 0 radical (unpaired) electrons. The van der Waals surface area contributed by atoms with Gasteiger partial charge in [0.2, 0.25) is 0 Å². The molecule has 1 heterocycles. The van der Waals surface area contributed by atoms with Crippen LogP contribution in [0.15, 0.2) is 18.4 Å². The maximum atomic E-state index is 11.7. The lowest BCUT2D eigenvalue weighted by Gasteiger charge is -2.26. The zero-order valence-electron chi connectivity index (χ0n) is 10.0. The van der Waals surface area contributed by atoms with Crippen LogP contribution in [0.1, 0.15) is 34.3 Å². The first-order chi connectivity index (χ1) is 7.97. The summed E-state index contributed by atoms with van der Waals surface area (Å²) in [6, 6.07) is 1.43. The minimum atomic E-state index is -0.564. The second-order valence-corrected chi connectivity index (χ2v) is 4.09. The normalized spacial score (nSPS) is 18.6. The number of hydrogen-bond donors (Lipinski definition) is 1. The molecule has 1 aliphatic rings. The number of methoxy groups -OCH3 is 1. The minimum absolute atomic E-state index is 0.119. The van der Waals surface area contributed by atoms with Gasteiger partial charge in [0.15, 0.2) is 0 Å². The van der Waals surface area contributed by atoms with E-state index in [1.54, 1.807) is 0 Å². The monoisotopic (exact) mass is 234 g/mol. The van der Waals surface area contributed by atoms with E-state index in [9.17, 15) is 9.90 Å². The van der Waals surface area contributed by atoms with Gasteiger partial charge in [0.05, 0.1) is 7.11 Å². The van der Waals surface area contributed by atoms with Gasteiger partial charge in [-0.2, -0.15) is 0 Å². The predicted octanol–water partition coefficient (Wildman–Crippen LogP) is 2.50. The molecule has 0 fully saturated rings. The van der Waals surface area contributed by atoms with Crippen molar-refractivity contribution in [1.29, 1.82) is 0 Å². The van der Waals surface area contributed by atoms with Crippen LogP contribution in [-0.2, 0) is 4.74 Å². The topological polar surface area (TPSA) is 55.8 Å². The number of aromatic hydroxyl groups is 1. The smallest absolute Gasteiger partial charge is 0.347 e. The standard InChI is InChI=1S/C13H14O4/c1-6-8(3)17-13(15)12-9(14)5-10(16-4)7(2)11(6)12/h5-6,14H,3H2,1-2,4H3/t6-/m0/s1. The average molecular weight is 234 g/mol. The SMILES string of the molecule is C=C1OC(=O)c2c(O)cc(OC)c(C)c2[C@H]1C. The summed E-state index contributed by atoms with van der Waals surface area (Å²) >= 11 is 0. The molecule has 1 aliphatic heterocycles. The lowest BCUT2D eigenvalue weighted by molar-refractivity contribution is 0.0580. The molecule has 0 aliphatic carbocycles. The Kier molecular flexibility index (Phi) is 2.58. The van der Waals surface area contributed by atoms with Crippen LogP contribution < -0.4 is 4.74 Å². The third kappa shape index (κ3) is 1.56. The maximum Gasteiger partial charge on any atom is 0.347 e. The number of rotatable bonds is 1. The quantitative estimate of drug-likeness (QED) is 0.758. The van der Waals surface area contributed by atoms with Crippen molar-refractivity contribution in [1.82, 2.24) is 0 Å². The zero-order valence-corrected chi connectivity index (χ0v) is 10.0. The number of ether oxygens (including phenoxy) is 2. The fraction of sp³-hybridized carbons (Fsp3) is 0.308. The highest BCUT2D eigenvalue weighted by molar-refractivity contribution is 5.97.